The minimum Gasteiger partial charge on any atom is -0.327 e. The molecule has 1 heterocycles. The monoisotopic (exact) mass is 179 g/mol. The number of aryl methyl sites for hydroxylation is 1. The lowest BCUT2D eigenvalue weighted by atomic mass is 9.98. The maximum absolute atomic E-state index is 5.85. The van der Waals surface area contributed by atoms with Crippen molar-refractivity contribution in [2.45, 2.75) is 39.2 Å². The molecular weight excluding hydrogens is 162 g/mol. The van der Waals surface area contributed by atoms with E-state index in [0.717, 1.165) is 17.9 Å². The molecule has 1 aromatic heterocycles. The molecule has 3 nitrogen and oxygen atoms in total. The summed E-state index contributed by atoms with van der Waals surface area (Å²) in [6.45, 7) is 6.08. The van der Waals surface area contributed by atoms with Crippen LogP contribution in [0.1, 0.15) is 37.7 Å². The Bertz CT molecular complexity index is 271. The molecule has 2 unspecified atom stereocenters. The molecule has 0 aliphatic carbocycles. The first-order chi connectivity index (χ1) is 6.15. The minimum absolute atomic E-state index is 0.117. The van der Waals surface area contributed by atoms with Gasteiger partial charge >= 0.3 is 0 Å². The molecule has 0 fully saturated rings. The van der Waals surface area contributed by atoms with Crippen LogP contribution in [0.15, 0.2) is 12.3 Å². The second-order valence-corrected chi connectivity index (χ2v) is 3.43. The van der Waals surface area contributed by atoms with E-state index in [-0.39, 0.29) is 12.0 Å². The summed E-state index contributed by atoms with van der Waals surface area (Å²) in [5, 5.41) is 0. The van der Waals surface area contributed by atoms with Gasteiger partial charge in [-0.2, -0.15) is 0 Å². The maximum Gasteiger partial charge on any atom is 0.133 e. The van der Waals surface area contributed by atoms with Gasteiger partial charge in [-0.15, -0.1) is 0 Å². The minimum atomic E-state index is 0.117. The number of aromatic nitrogens is 2. The van der Waals surface area contributed by atoms with Crippen molar-refractivity contribution in [2.75, 3.05) is 0 Å². The molecule has 1 rings (SSSR count). The smallest absolute Gasteiger partial charge is 0.133 e. The Labute approximate surface area is 79.4 Å². The summed E-state index contributed by atoms with van der Waals surface area (Å²) in [7, 11) is 0. The number of nitrogens with zero attached hydrogens (tertiary/aromatic N) is 2. The number of rotatable bonds is 3. The largest absolute Gasteiger partial charge is 0.327 e. The first-order valence-electron chi connectivity index (χ1n) is 4.70. The predicted molar refractivity (Wildman–Crippen MR) is 53.5 cm³/mol. The summed E-state index contributed by atoms with van der Waals surface area (Å²) >= 11 is 0. The highest BCUT2D eigenvalue weighted by Gasteiger charge is 2.16. The van der Waals surface area contributed by atoms with E-state index in [9.17, 15) is 0 Å². The third-order valence-corrected chi connectivity index (χ3v) is 2.22. The van der Waals surface area contributed by atoms with Gasteiger partial charge in [-0.1, -0.05) is 6.92 Å². The molecule has 0 saturated heterocycles. The molecule has 2 atom stereocenters. The molecule has 0 bridgehead atoms. The van der Waals surface area contributed by atoms with E-state index in [2.05, 4.69) is 16.9 Å². The maximum atomic E-state index is 5.85. The van der Waals surface area contributed by atoms with Crippen LogP contribution in [0.2, 0.25) is 0 Å². The zero-order valence-electron chi connectivity index (χ0n) is 8.49. The number of hydrogen-bond donors (Lipinski definition) is 1. The molecule has 0 radical (unpaired) electrons. The molecule has 0 aromatic carbocycles. The first kappa shape index (κ1) is 10.1. The summed E-state index contributed by atoms with van der Waals surface area (Å²) < 4.78 is 0. The predicted octanol–water partition coefficient (Wildman–Crippen LogP) is 1.63. The average molecular weight is 179 g/mol. The molecule has 0 spiro atoms. The van der Waals surface area contributed by atoms with E-state index in [4.69, 9.17) is 5.73 Å². The molecule has 0 saturated carbocycles. The fourth-order valence-corrected chi connectivity index (χ4v) is 1.44. The second kappa shape index (κ2) is 4.33. The Balaban J connectivity index is 2.91. The topological polar surface area (TPSA) is 51.8 Å². The lowest BCUT2D eigenvalue weighted by Gasteiger charge is -2.17. The fourth-order valence-electron chi connectivity index (χ4n) is 1.44. The Morgan fingerprint density at radius 3 is 2.69 bits per heavy atom. The molecule has 0 amide bonds. The fraction of sp³-hybridized carbons (Fsp3) is 0.600. The van der Waals surface area contributed by atoms with E-state index >= 15 is 0 Å². The molecule has 72 valence electrons. The van der Waals surface area contributed by atoms with Crippen LogP contribution in [-0.4, -0.2) is 16.0 Å². The van der Waals surface area contributed by atoms with E-state index in [0.29, 0.717) is 0 Å². The highest BCUT2D eigenvalue weighted by Crippen LogP contribution is 2.17. The SMILES string of the molecule is CCC(c1nccc(C)n1)C(C)N. The molecule has 1 aromatic rings. The highest BCUT2D eigenvalue weighted by molar-refractivity contribution is 5.05. The zero-order valence-corrected chi connectivity index (χ0v) is 8.49. The molecule has 2 N–H and O–H groups in total. The van der Waals surface area contributed by atoms with Crippen LogP contribution in [0.5, 0.6) is 0 Å². The third kappa shape index (κ3) is 2.49. The summed E-state index contributed by atoms with van der Waals surface area (Å²) in [5.74, 6) is 1.15. The van der Waals surface area contributed by atoms with E-state index in [1.165, 1.54) is 0 Å². The zero-order chi connectivity index (χ0) is 9.84. The number of nitrogens with two attached hydrogens (primary N) is 1. The normalized spacial score (nSPS) is 15.4. The van der Waals surface area contributed by atoms with Crippen molar-refractivity contribution in [3.63, 3.8) is 0 Å². The van der Waals surface area contributed by atoms with Gasteiger partial charge in [0.25, 0.3) is 0 Å². The lowest BCUT2D eigenvalue weighted by Crippen LogP contribution is -2.25. The van der Waals surface area contributed by atoms with Crippen LogP contribution in [-0.2, 0) is 0 Å². The third-order valence-electron chi connectivity index (χ3n) is 2.22. The van der Waals surface area contributed by atoms with Gasteiger partial charge in [-0.05, 0) is 26.3 Å². The van der Waals surface area contributed by atoms with Crippen LogP contribution < -0.4 is 5.73 Å². The molecular formula is C10H17N3. The van der Waals surface area contributed by atoms with Crippen molar-refractivity contribution in [3.8, 4) is 0 Å². The molecule has 0 aliphatic heterocycles. The van der Waals surface area contributed by atoms with Gasteiger partial charge in [0.15, 0.2) is 0 Å². The Hall–Kier alpha value is -0.960. The van der Waals surface area contributed by atoms with Crippen LogP contribution >= 0.6 is 0 Å². The van der Waals surface area contributed by atoms with E-state index in [1.807, 2.05) is 19.9 Å². The van der Waals surface area contributed by atoms with Crippen molar-refractivity contribution in [1.82, 2.24) is 9.97 Å². The van der Waals surface area contributed by atoms with Gasteiger partial charge in [0.1, 0.15) is 5.82 Å². The number of hydrogen-bond acceptors (Lipinski definition) is 3. The molecule has 0 aliphatic rings. The quantitative estimate of drug-likeness (QED) is 0.767. The van der Waals surface area contributed by atoms with Crippen molar-refractivity contribution < 1.29 is 0 Å². The summed E-state index contributed by atoms with van der Waals surface area (Å²) in [4.78, 5) is 8.62. The van der Waals surface area contributed by atoms with Gasteiger partial charge in [0.2, 0.25) is 0 Å². The van der Waals surface area contributed by atoms with Gasteiger partial charge in [-0.3, -0.25) is 0 Å². The Morgan fingerprint density at radius 1 is 1.54 bits per heavy atom. The van der Waals surface area contributed by atoms with E-state index in [1.54, 1.807) is 6.20 Å². The molecule has 13 heavy (non-hydrogen) atoms. The van der Waals surface area contributed by atoms with Gasteiger partial charge in [-0.25, -0.2) is 9.97 Å². The van der Waals surface area contributed by atoms with Crippen LogP contribution in [0.25, 0.3) is 0 Å². The van der Waals surface area contributed by atoms with E-state index < -0.39 is 0 Å². The van der Waals surface area contributed by atoms with Crippen LogP contribution in [0.3, 0.4) is 0 Å². The first-order valence-corrected chi connectivity index (χ1v) is 4.70. The van der Waals surface area contributed by atoms with Crippen molar-refractivity contribution in [3.05, 3.63) is 23.8 Å². The lowest BCUT2D eigenvalue weighted by molar-refractivity contribution is 0.524. The van der Waals surface area contributed by atoms with Crippen molar-refractivity contribution in [2.24, 2.45) is 5.73 Å². The Kier molecular flexibility index (Phi) is 3.37. The summed E-state index contributed by atoms with van der Waals surface area (Å²) in [5.41, 5.74) is 6.85. The van der Waals surface area contributed by atoms with Gasteiger partial charge in [0.05, 0.1) is 0 Å². The summed E-state index contributed by atoms with van der Waals surface area (Å²) in [6, 6.07) is 2.02. The van der Waals surface area contributed by atoms with Crippen LogP contribution in [0, 0.1) is 6.92 Å². The van der Waals surface area contributed by atoms with Gasteiger partial charge < -0.3 is 5.73 Å². The molecule has 3 heteroatoms. The van der Waals surface area contributed by atoms with Crippen molar-refractivity contribution in [1.29, 1.82) is 0 Å². The highest BCUT2D eigenvalue weighted by atomic mass is 14.9. The van der Waals surface area contributed by atoms with Crippen LogP contribution in [0.4, 0.5) is 0 Å². The standard InChI is InChI=1S/C10H17N3/c1-4-9(8(3)11)10-12-6-5-7(2)13-10/h5-6,8-9H,4,11H2,1-3H3. The second-order valence-electron chi connectivity index (χ2n) is 3.43. The van der Waals surface area contributed by atoms with Gasteiger partial charge in [0, 0.05) is 23.9 Å². The van der Waals surface area contributed by atoms with Crippen molar-refractivity contribution >= 4 is 0 Å². The Morgan fingerprint density at radius 2 is 2.23 bits per heavy atom. The average Bonchev–Trinajstić information content (AvgIpc) is 2.04. The summed E-state index contributed by atoms with van der Waals surface area (Å²) in [6.07, 6.45) is 2.78.